The summed E-state index contributed by atoms with van der Waals surface area (Å²) in [7, 11) is 4.98. The molecular formula is C37H36O6. The van der Waals surface area contributed by atoms with Crippen molar-refractivity contribution in [1.82, 2.24) is 0 Å². The van der Waals surface area contributed by atoms with Crippen molar-refractivity contribution >= 4 is 17.9 Å². The number of ether oxygens (including phenoxy) is 5. The van der Waals surface area contributed by atoms with E-state index < -0.39 is 11.9 Å². The van der Waals surface area contributed by atoms with Gasteiger partial charge < -0.3 is 23.7 Å². The molecule has 220 valence electrons. The van der Waals surface area contributed by atoms with Crippen LogP contribution in [0.15, 0.2) is 108 Å². The molecule has 0 aromatic heterocycles. The largest absolute Gasteiger partial charge is 0.497 e. The number of hydrogen-bond donors (Lipinski definition) is 0. The Morgan fingerprint density at radius 1 is 0.791 bits per heavy atom. The third-order valence-electron chi connectivity index (χ3n) is 8.44. The number of carbonyl (C=O) groups excluding carboxylic acids is 1. The minimum atomic E-state index is -1.09. The molecule has 3 aromatic carbocycles. The van der Waals surface area contributed by atoms with E-state index in [1.165, 1.54) is 0 Å². The molecule has 6 heteroatoms. The van der Waals surface area contributed by atoms with Gasteiger partial charge in [-0.25, -0.2) is 0 Å². The number of hydrogen-bond acceptors (Lipinski definition) is 6. The third-order valence-corrected chi connectivity index (χ3v) is 8.44. The predicted octanol–water partition coefficient (Wildman–Crippen LogP) is 7.66. The van der Waals surface area contributed by atoms with Gasteiger partial charge >= 0.3 is 0 Å². The van der Waals surface area contributed by atoms with Crippen LogP contribution in [0, 0.1) is 5.92 Å². The van der Waals surface area contributed by atoms with Gasteiger partial charge in [-0.05, 0) is 60.4 Å². The standard InChI is InChI=1S/C37H36O6/c1-39-29-19-17-28(18-20-29)37-24-23-32(38)36(43-37)31(21-15-26-10-5-7-14-34(26)41-3)30-22-16-27(35(30)42-37)12-8-11-25-9-4-6-13-33(25)40-2/h4-15,17-21,31,36H,16,22-24H2,1-3H3/b11-8+,21-15+,27-12+/t31?,36-,37+/m1/s1. The molecule has 2 bridgehead atoms. The zero-order valence-electron chi connectivity index (χ0n) is 24.7. The van der Waals surface area contributed by atoms with Crippen molar-refractivity contribution in [1.29, 1.82) is 0 Å². The van der Waals surface area contributed by atoms with Gasteiger partial charge in [0.1, 0.15) is 29.1 Å². The number of carbonyl (C=O) groups is 1. The van der Waals surface area contributed by atoms with Crippen LogP contribution in [0.4, 0.5) is 0 Å². The lowest BCUT2D eigenvalue weighted by Crippen LogP contribution is -2.46. The normalized spacial score (nSPS) is 24.3. The van der Waals surface area contributed by atoms with Gasteiger partial charge in [-0.1, -0.05) is 66.8 Å². The molecule has 6 nitrogen and oxygen atoms in total. The molecule has 0 amide bonds. The van der Waals surface area contributed by atoms with Gasteiger partial charge in [-0.15, -0.1) is 0 Å². The lowest BCUT2D eigenvalue weighted by molar-refractivity contribution is -0.259. The van der Waals surface area contributed by atoms with E-state index in [4.69, 9.17) is 23.7 Å². The Balaban J connectivity index is 1.44. The number of allylic oxidation sites excluding steroid dienone is 3. The van der Waals surface area contributed by atoms with Crippen LogP contribution in [0.5, 0.6) is 17.2 Å². The molecule has 0 N–H and O–H groups in total. The summed E-state index contributed by atoms with van der Waals surface area (Å²) in [6.07, 6.45) is 12.0. The predicted molar refractivity (Wildman–Crippen MR) is 167 cm³/mol. The fourth-order valence-corrected chi connectivity index (χ4v) is 6.18. The summed E-state index contributed by atoms with van der Waals surface area (Å²) in [4.78, 5) is 13.5. The molecule has 0 radical (unpaired) electrons. The minimum Gasteiger partial charge on any atom is -0.497 e. The first-order valence-electron chi connectivity index (χ1n) is 14.6. The second-order valence-electron chi connectivity index (χ2n) is 10.9. The summed E-state index contributed by atoms with van der Waals surface area (Å²) in [5.74, 6) is 1.87. The molecular weight excluding hydrogens is 540 g/mol. The molecule has 3 aromatic rings. The molecule has 1 saturated heterocycles. The highest BCUT2D eigenvalue weighted by atomic mass is 16.7. The first kappa shape index (κ1) is 28.6. The van der Waals surface area contributed by atoms with Crippen LogP contribution in [0.1, 0.15) is 42.4 Å². The third kappa shape index (κ3) is 5.63. The molecule has 1 fully saturated rings. The second kappa shape index (κ2) is 12.4. The Morgan fingerprint density at radius 2 is 1.47 bits per heavy atom. The van der Waals surface area contributed by atoms with E-state index in [1.807, 2.05) is 91.0 Å². The number of rotatable bonds is 8. The van der Waals surface area contributed by atoms with Gasteiger partial charge in [0.25, 0.3) is 0 Å². The van der Waals surface area contributed by atoms with E-state index >= 15 is 0 Å². The summed E-state index contributed by atoms with van der Waals surface area (Å²) in [6.45, 7) is 0. The fraction of sp³-hybridized carbons (Fsp3) is 0.270. The Labute approximate surface area is 252 Å². The maximum absolute atomic E-state index is 13.5. The summed E-state index contributed by atoms with van der Waals surface area (Å²) in [5, 5.41) is 0. The van der Waals surface area contributed by atoms with Gasteiger partial charge in [0.15, 0.2) is 5.78 Å². The lowest BCUT2D eigenvalue weighted by Gasteiger charge is -2.40. The van der Waals surface area contributed by atoms with Crippen LogP contribution in [0.25, 0.3) is 12.2 Å². The first-order chi connectivity index (χ1) is 21.0. The zero-order valence-corrected chi connectivity index (χ0v) is 24.7. The van der Waals surface area contributed by atoms with Crippen molar-refractivity contribution in [3.63, 3.8) is 0 Å². The Bertz CT molecular complexity index is 1610. The molecule has 3 atom stereocenters. The molecule has 3 aliphatic rings. The van der Waals surface area contributed by atoms with E-state index in [0.717, 1.165) is 63.7 Å². The highest BCUT2D eigenvalue weighted by molar-refractivity contribution is 5.85. The van der Waals surface area contributed by atoms with Crippen LogP contribution < -0.4 is 14.2 Å². The highest BCUT2D eigenvalue weighted by Gasteiger charge is 2.52. The van der Waals surface area contributed by atoms with Gasteiger partial charge in [0, 0.05) is 35.4 Å². The Morgan fingerprint density at radius 3 is 2.14 bits per heavy atom. The van der Waals surface area contributed by atoms with Crippen molar-refractivity contribution in [3.8, 4) is 17.2 Å². The quantitative estimate of drug-likeness (QED) is 0.274. The van der Waals surface area contributed by atoms with Crippen LogP contribution in [0.3, 0.4) is 0 Å². The van der Waals surface area contributed by atoms with Crippen molar-refractivity contribution in [2.45, 2.75) is 37.6 Å². The maximum Gasteiger partial charge on any atom is 0.238 e. The van der Waals surface area contributed by atoms with Gasteiger partial charge in [-0.3, -0.25) is 4.79 Å². The fourth-order valence-electron chi connectivity index (χ4n) is 6.18. The number of Topliss-reactive ketones (excluding diaryl/α,β-unsaturated/α-hetero) is 1. The van der Waals surface area contributed by atoms with Crippen molar-refractivity contribution in [3.05, 3.63) is 125 Å². The number of para-hydroxylation sites is 2. The summed E-state index contributed by atoms with van der Waals surface area (Å²) >= 11 is 0. The van der Waals surface area contributed by atoms with E-state index in [0.29, 0.717) is 12.8 Å². The van der Waals surface area contributed by atoms with E-state index in [2.05, 4.69) is 12.2 Å². The van der Waals surface area contributed by atoms with E-state index in [-0.39, 0.29) is 11.7 Å². The van der Waals surface area contributed by atoms with Crippen molar-refractivity contribution in [2.24, 2.45) is 5.92 Å². The summed E-state index contributed by atoms with van der Waals surface area (Å²) < 4.78 is 30.2. The number of fused-ring (bicyclic) bond motifs is 2. The molecule has 0 spiro atoms. The van der Waals surface area contributed by atoms with Crippen LogP contribution in [-0.4, -0.2) is 33.2 Å². The monoisotopic (exact) mass is 576 g/mol. The van der Waals surface area contributed by atoms with E-state index in [1.54, 1.807) is 21.3 Å². The van der Waals surface area contributed by atoms with Gasteiger partial charge in [0.2, 0.25) is 5.79 Å². The number of methoxy groups -OCH3 is 3. The van der Waals surface area contributed by atoms with Crippen LogP contribution in [0.2, 0.25) is 0 Å². The summed E-state index contributed by atoms with van der Waals surface area (Å²) in [6, 6.07) is 23.5. The lowest BCUT2D eigenvalue weighted by atomic mass is 9.85. The number of benzene rings is 3. The molecule has 1 unspecified atom stereocenters. The Hall–Kier alpha value is -4.55. The second-order valence-corrected chi connectivity index (χ2v) is 10.9. The van der Waals surface area contributed by atoms with Crippen molar-refractivity contribution in [2.75, 3.05) is 21.3 Å². The smallest absolute Gasteiger partial charge is 0.238 e. The molecule has 2 aliphatic heterocycles. The molecule has 0 saturated carbocycles. The topological polar surface area (TPSA) is 63.2 Å². The maximum atomic E-state index is 13.5. The van der Waals surface area contributed by atoms with Gasteiger partial charge in [-0.2, -0.15) is 0 Å². The minimum absolute atomic E-state index is 0.0876. The summed E-state index contributed by atoms with van der Waals surface area (Å²) in [5.41, 5.74) is 4.96. The number of ketones is 1. The Kier molecular flexibility index (Phi) is 8.21. The SMILES string of the molecule is COc1ccc([C@]23CCC(=O)[C@H](O2)C(/C=C/c2ccccc2OC)C2=C(O3)/C(=C/C=C/c3ccccc3OC)CC2)cc1. The average Bonchev–Trinajstić information content (AvgIpc) is 3.39. The van der Waals surface area contributed by atoms with Crippen LogP contribution in [-0.2, 0) is 20.1 Å². The van der Waals surface area contributed by atoms with Crippen LogP contribution >= 0.6 is 0 Å². The highest BCUT2D eigenvalue weighted by Crippen LogP contribution is 2.51. The molecule has 43 heavy (non-hydrogen) atoms. The average molecular weight is 577 g/mol. The van der Waals surface area contributed by atoms with Gasteiger partial charge in [0.05, 0.1) is 21.3 Å². The van der Waals surface area contributed by atoms with Crippen molar-refractivity contribution < 1.29 is 28.5 Å². The molecule has 2 heterocycles. The molecule has 1 aliphatic carbocycles. The van der Waals surface area contributed by atoms with E-state index in [9.17, 15) is 4.79 Å². The zero-order chi connectivity index (χ0) is 29.8. The molecule has 6 rings (SSSR count). The first-order valence-corrected chi connectivity index (χ1v) is 14.6.